The zero-order valence-corrected chi connectivity index (χ0v) is 18.6. The fraction of sp³-hybridized carbons (Fsp3) is 0.241. The van der Waals surface area contributed by atoms with Crippen molar-refractivity contribution in [3.63, 3.8) is 0 Å². The van der Waals surface area contributed by atoms with Gasteiger partial charge in [0.2, 0.25) is 0 Å². The Morgan fingerprint density at radius 1 is 0.750 bits per heavy atom. The largest absolute Gasteiger partial charge is 0.508 e. The average Bonchev–Trinajstić information content (AvgIpc) is 2.80. The minimum absolute atomic E-state index is 0.247. The summed E-state index contributed by atoms with van der Waals surface area (Å²) in [6.07, 6.45) is 10.9. The number of aryl methyl sites for hydroxylation is 2. The number of rotatable bonds is 6. The Balaban J connectivity index is 1.72. The first-order valence-electron chi connectivity index (χ1n) is 11.1. The summed E-state index contributed by atoms with van der Waals surface area (Å²) in [6, 6.07) is 20.6. The van der Waals surface area contributed by atoms with Gasteiger partial charge in [-0.25, -0.2) is 0 Å². The Bertz CT molecular complexity index is 1140. The van der Waals surface area contributed by atoms with Crippen molar-refractivity contribution < 1.29 is 15.3 Å². The molecule has 0 amide bonds. The normalized spacial score (nSPS) is 18.1. The van der Waals surface area contributed by atoms with Gasteiger partial charge in [-0.15, -0.1) is 0 Å². The summed E-state index contributed by atoms with van der Waals surface area (Å²) < 4.78 is 0. The molecule has 3 N–H and O–H groups in total. The average molecular weight is 427 g/mol. The van der Waals surface area contributed by atoms with Crippen LogP contribution in [0.5, 0.6) is 17.2 Å². The summed E-state index contributed by atoms with van der Waals surface area (Å²) in [5, 5.41) is 30.3. The summed E-state index contributed by atoms with van der Waals surface area (Å²) in [5.74, 6) is 0.818. The highest BCUT2D eigenvalue weighted by molar-refractivity contribution is 5.52. The highest BCUT2D eigenvalue weighted by Crippen LogP contribution is 2.51. The van der Waals surface area contributed by atoms with Gasteiger partial charge < -0.3 is 15.3 Å². The van der Waals surface area contributed by atoms with Gasteiger partial charge in [-0.3, -0.25) is 0 Å². The topological polar surface area (TPSA) is 60.7 Å². The van der Waals surface area contributed by atoms with E-state index in [-0.39, 0.29) is 16.9 Å². The van der Waals surface area contributed by atoms with Crippen LogP contribution in [-0.4, -0.2) is 15.3 Å². The van der Waals surface area contributed by atoms with Gasteiger partial charge in [0.05, 0.1) is 0 Å². The molecule has 3 nitrogen and oxygen atoms in total. The van der Waals surface area contributed by atoms with Crippen LogP contribution >= 0.6 is 0 Å². The van der Waals surface area contributed by atoms with Gasteiger partial charge in [0.1, 0.15) is 17.2 Å². The number of hydrogen-bond donors (Lipinski definition) is 3. The first-order valence-corrected chi connectivity index (χ1v) is 11.1. The van der Waals surface area contributed by atoms with Crippen LogP contribution in [0.1, 0.15) is 42.5 Å². The van der Waals surface area contributed by atoms with E-state index in [9.17, 15) is 15.3 Å². The van der Waals surface area contributed by atoms with E-state index in [1.165, 1.54) is 0 Å². The maximum Gasteiger partial charge on any atom is 0.119 e. The van der Waals surface area contributed by atoms with Crippen LogP contribution in [0.2, 0.25) is 0 Å². The molecule has 0 saturated carbocycles. The smallest absolute Gasteiger partial charge is 0.119 e. The molecule has 0 radical (unpaired) electrons. The molecule has 1 aliphatic carbocycles. The summed E-state index contributed by atoms with van der Waals surface area (Å²) in [6.45, 7) is 4.40. The summed E-state index contributed by atoms with van der Waals surface area (Å²) >= 11 is 0. The third-order valence-electron chi connectivity index (χ3n) is 6.95. The van der Waals surface area contributed by atoms with E-state index in [1.807, 2.05) is 36.4 Å². The van der Waals surface area contributed by atoms with Crippen LogP contribution in [0.15, 0.2) is 91.0 Å². The Kier molecular flexibility index (Phi) is 5.84. The molecule has 164 valence electrons. The number of phenolic OH excluding ortho intramolecular Hbond substituents is 3. The molecule has 1 aliphatic rings. The van der Waals surface area contributed by atoms with Crippen molar-refractivity contribution in [2.45, 2.75) is 43.9 Å². The molecule has 3 aromatic carbocycles. The van der Waals surface area contributed by atoms with E-state index in [0.29, 0.717) is 5.75 Å². The molecule has 32 heavy (non-hydrogen) atoms. The van der Waals surface area contributed by atoms with Gasteiger partial charge in [-0.05, 0) is 66.3 Å². The third-order valence-corrected chi connectivity index (χ3v) is 6.95. The molecule has 0 aliphatic heterocycles. The molecule has 0 fully saturated rings. The predicted octanol–water partition coefficient (Wildman–Crippen LogP) is 6.32. The van der Waals surface area contributed by atoms with Crippen molar-refractivity contribution >= 4 is 0 Å². The van der Waals surface area contributed by atoms with Crippen molar-refractivity contribution in [3.8, 4) is 17.2 Å². The first-order chi connectivity index (χ1) is 15.3. The van der Waals surface area contributed by atoms with Crippen molar-refractivity contribution in [1.82, 2.24) is 0 Å². The van der Waals surface area contributed by atoms with Gasteiger partial charge in [0, 0.05) is 16.4 Å². The number of benzene rings is 3. The van der Waals surface area contributed by atoms with Gasteiger partial charge in [-0.1, -0.05) is 74.5 Å². The second-order valence-electron chi connectivity index (χ2n) is 9.15. The fourth-order valence-electron chi connectivity index (χ4n) is 4.80. The fourth-order valence-corrected chi connectivity index (χ4v) is 4.80. The highest BCUT2D eigenvalue weighted by Gasteiger charge is 2.46. The third kappa shape index (κ3) is 4.03. The highest BCUT2D eigenvalue weighted by atomic mass is 16.3. The Morgan fingerprint density at radius 3 is 1.97 bits per heavy atom. The number of aromatic hydroxyl groups is 3. The molecule has 0 bridgehead atoms. The molecule has 3 aromatic rings. The van der Waals surface area contributed by atoms with E-state index in [4.69, 9.17) is 0 Å². The van der Waals surface area contributed by atoms with E-state index < -0.39 is 5.41 Å². The molecule has 0 aromatic heterocycles. The van der Waals surface area contributed by atoms with Crippen LogP contribution in [0.25, 0.3) is 0 Å². The molecule has 0 heterocycles. The lowest BCUT2D eigenvalue weighted by Crippen LogP contribution is -2.44. The van der Waals surface area contributed by atoms with E-state index in [2.05, 4.69) is 44.2 Å². The molecule has 0 spiro atoms. The van der Waals surface area contributed by atoms with Crippen LogP contribution in [0.4, 0.5) is 0 Å². The Morgan fingerprint density at radius 2 is 1.34 bits per heavy atom. The minimum atomic E-state index is -0.433. The zero-order chi connectivity index (χ0) is 22.8. The van der Waals surface area contributed by atoms with Gasteiger partial charge in [-0.2, -0.15) is 0 Å². The Hall–Kier alpha value is -3.46. The zero-order valence-electron chi connectivity index (χ0n) is 18.6. The van der Waals surface area contributed by atoms with Crippen molar-refractivity contribution in [1.29, 1.82) is 0 Å². The van der Waals surface area contributed by atoms with Gasteiger partial charge in [0.25, 0.3) is 0 Å². The molecular weight excluding hydrogens is 396 g/mol. The summed E-state index contributed by atoms with van der Waals surface area (Å²) in [4.78, 5) is 0. The van der Waals surface area contributed by atoms with E-state index in [1.54, 1.807) is 24.3 Å². The van der Waals surface area contributed by atoms with Crippen LogP contribution in [-0.2, 0) is 23.7 Å². The van der Waals surface area contributed by atoms with E-state index >= 15 is 0 Å². The number of phenols is 3. The van der Waals surface area contributed by atoms with E-state index in [0.717, 1.165) is 41.5 Å². The maximum absolute atomic E-state index is 11.0. The number of allylic oxidation sites excluding steroid dienone is 4. The van der Waals surface area contributed by atoms with Crippen LogP contribution in [0, 0.1) is 0 Å². The quantitative estimate of drug-likeness (QED) is 0.432. The lowest BCUT2D eigenvalue weighted by atomic mass is 9.56. The second kappa shape index (κ2) is 8.58. The summed E-state index contributed by atoms with van der Waals surface area (Å²) in [7, 11) is 0. The Labute approximate surface area is 190 Å². The van der Waals surface area contributed by atoms with Crippen molar-refractivity contribution in [3.05, 3.63) is 113 Å². The van der Waals surface area contributed by atoms with Gasteiger partial charge in [0.15, 0.2) is 0 Å². The second-order valence-corrected chi connectivity index (χ2v) is 9.15. The monoisotopic (exact) mass is 426 g/mol. The van der Waals surface area contributed by atoms with Gasteiger partial charge >= 0.3 is 0 Å². The lowest BCUT2D eigenvalue weighted by Gasteiger charge is -2.47. The first kappa shape index (κ1) is 21.8. The molecule has 1 atom stereocenters. The van der Waals surface area contributed by atoms with Crippen LogP contribution in [0.3, 0.4) is 0 Å². The standard InChI is InChI=1S/C29H30O3/c1-28(2,23-11-15-25(31)16-12-23)29(18-4-3-5-19-29)26-20-22(10-17-27(26)32)7-6-21-8-13-24(30)14-9-21/h3-5,8-18,20,30-32H,6-7,19H2,1-2H3. The maximum atomic E-state index is 11.0. The lowest BCUT2D eigenvalue weighted by molar-refractivity contribution is 0.303. The summed E-state index contributed by atoms with van der Waals surface area (Å²) in [5.41, 5.74) is 3.57. The predicted molar refractivity (Wildman–Crippen MR) is 129 cm³/mol. The van der Waals surface area contributed by atoms with Crippen molar-refractivity contribution in [2.75, 3.05) is 0 Å². The molecular formula is C29H30O3. The SMILES string of the molecule is CC(C)(c1ccc(O)cc1)C1(c2cc(CCc3ccc(O)cc3)ccc2O)C=CC=CC1. The number of hydrogen-bond acceptors (Lipinski definition) is 3. The minimum Gasteiger partial charge on any atom is -0.508 e. The van der Waals surface area contributed by atoms with Crippen LogP contribution < -0.4 is 0 Å². The molecule has 4 rings (SSSR count). The molecule has 0 saturated heterocycles. The molecule has 1 unspecified atom stereocenters. The van der Waals surface area contributed by atoms with Crippen molar-refractivity contribution in [2.24, 2.45) is 0 Å². The molecule has 3 heteroatoms.